The van der Waals surface area contributed by atoms with Crippen molar-refractivity contribution < 1.29 is 22.3 Å². The van der Waals surface area contributed by atoms with Crippen LogP contribution in [0.5, 0.6) is 11.5 Å². The maximum atomic E-state index is 14.5. The molecule has 0 bridgehead atoms. The van der Waals surface area contributed by atoms with Gasteiger partial charge in [-0.25, -0.2) is 12.8 Å². The van der Waals surface area contributed by atoms with Crippen molar-refractivity contribution in [1.82, 2.24) is 4.31 Å². The second-order valence-electron chi connectivity index (χ2n) is 5.73. The van der Waals surface area contributed by atoms with Crippen molar-refractivity contribution in [1.29, 1.82) is 0 Å². The molecule has 25 heavy (non-hydrogen) atoms. The Hall–Kier alpha value is -1.64. The zero-order chi connectivity index (χ0) is 18.2. The maximum Gasteiger partial charge on any atom is 0.246 e. The molecule has 1 aliphatic heterocycles. The molecule has 1 atom stereocenters. The second kappa shape index (κ2) is 6.93. The van der Waals surface area contributed by atoms with Gasteiger partial charge in [-0.05, 0) is 29.9 Å². The summed E-state index contributed by atoms with van der Waals surface area (Å²) in [7, 11) is -1.24. The molecule has 2 aromatic rings. The number of ether oxygens (including phenoxy) is 2. The van der Waals surface area contributed by atoms with E-state index < -0.39 is 15.8 Å². The zero-order valence-electron chi connectivity index (χ0n) is 14.3. The molecule has 1 aromatic heterocycles. The number of hydrogen-bond donors (Lipinski definition) is 0. The van der Waals surface area contributed by atoms with Crippen molar-refractivity contribution >= 4 is 21.4 Å². The number of hydrogen-bond acceptors (Lipinski definition) is 5. The molecule has 136 valence electrons. The van der Waals surface area contributed by atoms with Gasteiger partial charge in [0, 0.05) is 23.6 Å². The van der Waals surface area contributed by atoms with Gasteiger partial charge in [0.15, 0.2) is 11.5 Å². The van der Waals surface area contributed by atoms with E-state index in [1.165, 1.54) is 29.5 Å². The normalized spacial score (nSPS) is 18.0. The SMILES string of the molecule is CCC1c2ccsc2CCN1S(=O)(=O)c1cc(OC)c(OC)cc1F. The van der Waals surface area contributed by atoms with Gasteiger partial charge >= 0.3 is 0 Å². The first-order chi connectivity index (χ1) is 11.9. The summed E-state index contributed by atoms with van der Waals surface area (Å²) in [6, 6.07) is 3.92. The number of nitrogens with zero attached hydrogens (tertiary/aromatic N) is 1. The van der Waals surface area contributed by atoms with Crippen molar-refractivity contribution in [2.24, 2.45) is 0 Å². The zero-order valence-corrected chi connectivity index (χ0v) is 15.9. The van der Waals surface area contributed by atoms with Crippen LogP contribution in [0.15, 0.2) is 28.5 Å². The van der Waals surface area contributed by atoms with E-state index in [0.717, 1.165) is 11.6 Å². The lowest BCUT2D eigenvalue weighted by Crippen LogP contribution is -2.39. The summed E-state index contributed by atoms with van der Waals surface area (Å²) in [6.07, 6.45) is 1.26. The molecule has 0 radical (unpaired) electrons. The van der Waals surface area contributed by atoms with Gasteiger partial charge in [0.1, 0.15) is 10.7 Å². The van der Waals surface area contributed by atoms with Gasteiger partial charge in [0.2, 0.25) is 10.0 Å². The first-order valence-corrected chi connectivity index (χ1v) is 10.3. The molecule has 8 heteroatoms. The maximum absolute atomic E-state index is 14.5. The number of benzene rings is 1. The minimum absolute atomic E-state index is 0.157. The van der Waals surface area contributed by atoms with Gasteiger partial charge in [0.05, 0.1) is 20.3 Å². The standard InChI is InChI=1S/C17H20FNO4S2/c1-4-13-11-6-8-24-16(11)5-7-19(13)25(20,21)17-10-15(23-3)14(22-2)9-12(17)18/h6,8-10,13H,4-5,7H2,1-3H3. The van der Waals surface area contributed by atoms with Gasteiger partial charge in [-0.1, -0.05) is 6.92 Å². The van der Waals surface area contributed by atoms with E-state index in [2.05, 4.69) is 0 Å². The van der Waals surface area contributed by atoms with Gasteiger partial charge in [0.25, 0.3) is 0 Å². The Kier molecular flexibility index (Phi) is 5.04. The first-order valence-electron chi connectivity index (χ1n) is 7.93. The lowest BCUT2D eigenvalue weighted by molar-refractivity contribution is 0.301. The quantitative estimate of drug-likeness (QED) is 0.789. The Balaban J connectivity index is 2.08. The summed E-state index contributed by atoms with van der Waals surface area (Å²) < 4.78 is 52.4. The van der Waals surface area contributed by atoms with E-state index in [1.54, 1.807) is 11.3 Å². The van der Waals surface area contributed by atoms with Crippen molar-refractivity contribution in [3.8, 4) is 11.5 Å². The van der Waals surface area contributed by atoms with E-state index in [9.17, 15) is 12.8 Å². The summed E-state index contributed by atoms with van der Waals surface area (Å²) in [5.41, 5.74) is 1.02. The van der Waals surface area contributed by atoms with Crippen LogP contribution in [0.2, 0.25) is 0 Å². The number of fused-ring (bicyclic) bond motifs is 1. The van der Waals surface area contributed by atoms with Crippen molar-refractivity contribution in [3.05, 3.63) is 39.8 Å². The van der Waals surface area contributed by atoms with E-state index in [1.807, 2.05) is 18.4 Å². The minimum Gasteiger partial charge on any atom is -0.493 e. The van der Waals surface area contributed by atoms with Crippen LogP contribution in [0.4, 0.5) is 4.39 Å². The summed E-state index contributed by atoms with van der Waals surface area (Å²) in [6.45, 7) is 2.27. The molecule has 0 amide bonds. The van der Waals surface area contributed by atoms with Crippen molar-refractivity contribution in [2.75, 3.05) is 20.8 Å². The fourth-order valence-corrected chi connectivity index (χ4v) is 5.92. The largest absolute Gasteiger partial charge is 0.493 e. The van der Waals surface area contributed by atoms with Crippen LogP contribution in [-0.2, 0) is 16.4 Å². The Labute approximate surface area is 151 Å². The molecule has 0 saturated carbocycles. The van der Waals surface area contributed by atoms with Crippen LogP contribution >= 0.6 is 11.3 Å². The summed E-state index contributed by atoms with van der Waals surface area (Å²) in [5, 5.41) is 1.97. The number of methoxy groups -OCH3 is 2. The predicted octanol–water partition coefficient (Wildman–Crippen LogP) is 3.60. The van der Waals surface area contributed by atoms with Gasteiger partial charge in [-0.3, -0.25) is 0 Å². The topological polar surface area (TPSA) is 55.8 Å². The average Bonchev–Trinajstić information content (AvgIpc) is 3.08. The van der Waals surface area contributed by atoms with E-state index in [4.69, 9.17) is 9.47 Å². The average molecular weight is 385 g/mol. The van der Waals surface area contributed by atoms with Crippen LogP contribution in [0.25, 0.3) is 0 Å². The Morgan fingerprint density at radius 3 is 2.60 bits per heavy atom. The highest BCUT2D eigenvalue weighted by atomic mass is 32.2. The molecule has 1 aromatic carbocycles. The fourth-order valence-electron chi connectivity index (χ4n) is 3.24. The number of sulfonamides is 1. The number of rotatable bonds is 5. The highest BCUT2D eigenvalue weighted by Crippen LogP contribution is 2.40. The molecular formula is C17H20FNO4S2. The van der Waals surface area contributed by atoms with Crippen LogP contribution in [-0.4, -0.2) is 33.5 Å². The Bertz CT molecular complexity index is 879. The molecule has 3 rings (SSSR count). The lowest BCUT2D eigenvalue weighted by Gasteiger charge is -2.34. The van der Waals surface area contributed by atoms with Crippen LogP contribution < -0.4 is 9.47 Å². The Morgan fingerprint density at radius 1 is 1.28 bits per heavy atom. The van der Waals surface area contributed by atoms with Crippen molar-refractivity contribution in [2.45, 2.75) is 30.7 Å². The lowest BCUT2D eigenvalue weighted by atomic mass is 10.0. The predicted molar refractivity (Wildman–Crippen MR) is 94.5 cm³/mol. The number of thiophene rings is 1. The molecule has 0 N–H and O–H groups in total. The second-order valence-corrected chi connectivity index (χ2v) is 8.59. The van der Waals surface area contributed by atoms with E-state index in [0.29, 0.717) is 19.4 Å². The van der Waals surface area contributed by atoms with Gasteiger partial charge in [-0.2, -0.15) is 4.31 Å². The molecular weight excluding hydrogens is 365 g/mol. The molecule has 5 nitrogen and oxygen atoms in total. The van der Waals surface area contributed by atoms with Gasteiger partial charge in [-0.15, -0.1) is 11.3 Å². The first kappa shape index (κ1) is 18.2. The molecule has 0 spiro atoms. The third-order valence-corrected chi connectivity index (χ3v) is 7.38. The number of halogens is 1. The van der Waals surface area contributed by atoms with E-state index >= 15 is 0 Å². The van der Waals surface area contributed by atoms with Crippen LogP contribution in [0.1, 0.15) is 29.8 Å². The summed E-state index contributed by atoms with van der Waals surface area (Å²) in [5.74, 6) is -0.503. The summed E-state index contributed by atoms with van der Waals surface area (Å²) >= 11 is 1.64. The minimum atomic E-state index is -4.00. The molecule has 0 aliphatic carbocycles. The molecule has 1 aliphatic rings. The molecule has 1 unspecified atom stereocenters. The van der Waals surface area contributed by atoms with Crippen LogP contribution in [0.3, 0.4) is 0 Å². The molecule has 2 heterocycles. The highest BCUT2D eigenvalue weighted by Gasteiger charge is 2.37. The third-order valence-electron chi connectivity index (χ3n) is 4.46. The smallest absolute Gasteiger partial charge is 0.246 e. The van der Waals surface area contributed by atoms with Crippen molar-refractivity contribution in [3.63, 3.8) is 0 Å². The monoisotopic (exact) mass is 385 g/mol. The Morgan fingerprint density at radius 2 is 1.96 bits per heavy atom. The fraction of sp³-hybridized carbons (Fsp3) is 0.412. The third kappa shape index (κ3) is 3.02. The molecule has 0 saturated heterocycles. The van der Waals surface area contributed by atoms with Gasteiger partial charge < -0.3 is 9.47 Å². The van der Waals surface area contributed by atoms with Crippen LogP contribution in [0, 0.1) is 5.82 Å². The highest BCUT2D eigenvalue weighted by molar-refractivity contribution is 7.89. The molecule has 0 fully saturated rings. The van der Waals surface area contributed by atoms with E-state index in [-0.39, 0.29) is 22.4 Å². The summed E-state index contributed by atoms with van der Waals surface area (Å²) in [4.78, 5) is 0.813.